The van der Waals surface area contributed by atoms with Gasteiger partial charge in [-0.05, 0) is 25.1 Å². The van der Waals surface area contributed by atoms with Crippen molar-refractivity contribution < 1.29 is 9.21 Å². The van der Waals surface area contributed by atoms with Crippen LogP contribution in [0.5, 0.6) is 0 Å². The van der Waals surface area contributed by atoms with Gasteiger partial charge < -0.3 is 15.1 Å². The van der Waals surface area contributed by atoms with Crippen LogP contribution in [0.4, 0.5) is 5.69 Å². The molecule has 2 aromatic heterocycles. The van der Waals surface area contributed by atoms with Crippen LogP contribution in [0, 0.1) is 18.3 Å². The number of rotatable bonds is 5. The van der Waals surface area contributed by atoms with E-state index in [-0.39, 0.29) is 12.3 Å². The number of hydrogen-bond acceptors (Lipinski definition) is 5. The van der Waals surface area contributed by atoms with E-state index in [1.165, 1.54) is 11.3 Å². The van der Waals surface area contributed by atoms with Gasteiger partial charge in [0.25, 0.3) is 5.91 Å². The molecule has 0 aliphatic rings. The van der Waals surface area contributed by atoms with Crippen LogP contribution in [-0.4, -0.2) is 17.4 Å². The molecule has 0 aliphatic carbocycles. The van der Waals surface area contributed by atoms with Crippen LogP contribution in [0.25, 0.3) is 0 Å². The lowest BCUT2D eigenvalue weighted by Gasteiger charge is -2.19. The minimum Gasteiger partial charge on any atom is -0.467 e. The Kier molecular flexibility index (Phi) is 4.43. The maximum atomic E-state index is 12.5. The Morgan fingerprint density at radius 3 is 2.95 bits per heavy atom. The van der Waals surface area contributed by atoms with Gasteiger partial charge in [-0.25, -0.2) is 0 Å². The monoisotopic (exact) mass is 289 g/mol. The zero-order valence-electron chi connectivity index (χ0n) is 11.1. The van der Waals surface area contributed by atoms with Gasteiger partial charge >= 0.3 is 0 Å². The maximum Gasteiger partial charge on any atom is 0.264 e. The first-order valence-corrected chi connectivity index (χ1v) is 6.98. The van der Waals surface area contributed by atoms with Crippen LogP contribution in [0.2, 0.25) is 0 Å². The first-order chi connectivity index (χ1) is 9.61. The molecule has 0 atom stereocenters. The lowest BCUT2D eigenvalue weighted by atomic mass is 10.3. The molecule has 0 saturated carbocycles. The lowest BCUT2D eigenvalue weighted by Crippen LogP contribution is -2.30. The minimum absolute atomic E-state index is 0.124. The van der Waals surface area contributed by atoms with Crippen LogP contribution in [0.15, 0.2) is 28.9 Å². The fourth-order valence-electron chi connectivity index (χ4n) is 1.79. The molecule has 2 N–H and O–H groups in total. The molecule has 0 fully saturated rings. The molecule has 6 heteroatoms. The number of nitrogens with zero attached hydrogens (tertiary/aromatic N) is 2. The molecular weight excluding hydrogens is 274 g/mol. The van der Waals surface area contributed by atoms with Crippen molar-refractivity contribution in [3.63, 3.8) is 0 Å². The van der Waals surface area contributed by atoms with Crippen molar-refractivity contribution in [3.05, 3.63) is 40.0 Å². The van der Waals surface area contributed by atoms with Gasteiger partial charge in [0, 0.05) is 17.1 Å². The largest absolute Gasteiger partial charge is 0.467 e. The van der Waals surface area contributed by atoms with Crippen molar-refractivity contribution in [1.82, 2.24) is 4.90 Å². The second-order valence-corrected chi connectivity index (χ2v) is 5.59. The number of aryl methyl sites for hydroxylation is 1. The van der Waals surface area contributed by atoms with E-state index in [2.05, 4.69) is 6.07 Å². The van der Waals surface area contributed by atoms with Gasteiger partial charge in [-0.15, -0.1) is 11.3 Å². The van der Waals surface area contributed by atoms with E-state index in [4.69, 9.17) is 15.4 Å². The molecule has 0 bridgehead atoms. The summed E-state index contributed by atoms with van der Waals surface area (Å²) < 4.78 is 5.26. The summed E-state index contributed by atoms with van der Waals surface area (Å²) in [5, 5.41) is 8.71. The lowest BCUT2D eigenvalue weighted by molar-refractivity contribution is 0.0740. The number of nitrogen functional groups attached to an aromatic ring is 1. The van der Waals surface area contributed by atoms with E-state index in [1.807, 2.05) is 6.92 Å². The molecule has 5 nitrogen and oxygen atoms in total. The fourth-order valence-corrected chi connectivity index (χ4v) is 2.69. The number of carbonyl (C=O) groups excluding carboxylic acids is 1. The molecule has 104 valence electrons. The van der Waals surface area contributed by atoms with Crippen molar-refractivity contribution in [3.8, 4) is 6.07 Å². The van der Waals surface area contributed by atoms with Gasteiger partial charge in [0.05, 0.1) is 30.2 Å². The SMILES string of the molecule is Cc1sc(C(=O)N(CCC#N)Cc2ccco2)cc1N. The smallest absolute Gasteiger partial charge is 0.264 e. The standard InChI is InChI=1S/C14H15N3O2S/c1-10-12(16)8-13(20-10)14(18)17(6-3-5-15)9-11-4-2-7-19-11/h2,4,7-8H,3,6,9,16H2,1H3. The number of nitriles is 1. The molecule has 0 radical (unpaired) electrons. The Balaban J connectivity index is 2.17. The summed E-state index contributed by atoms with van der Waals surface area (Å²) in [5.41, 5.74) is 6.41. The molecule has 0 aliphatic heterocycles. The maximum absolute atomic E-state index is 12.5. The van der Waals surface area contributed by atoms with E-state index in [1.54, 1.807) is 29.4 Å². The predicted molar refractivity (Wildman–Crippen MR) is 77.1 cm³/mol. The highest BCUT2D eigenvalue weighted by atomic mass is 32.1. The highest BCUT2D eigenvalue weighted by Gasteiger charge is 2.19. The molecule has 2 rings (SSSR count). The van der Waals surface area contributed by atoms with Gasteiger partial charge in [-0.2, -0.15) is 5.26 Å². The third-order valence-electron chi connectivity index (χ3n) is 2.87. The van der Waals surface area contributed by atoms with Crippen molar-refractivity contribution >= 4 is 22.9 Å². The zero-order chi connectivity index (χ0) is 14.5. The Morgan fingerprint density at radius 2 is 2.40 bits per heavy atom. The molecule has 0 saturated heterocycles. The first kappa shape index (κ1) is 14.2. The van der Waals surface area contributed by atoms with Crippen LogP contribution in [0.1, 0.15) is 26.7 Å². The highest BCUT2D eigenvalue weighted by Crippen LogP contribution is 2.25. The Labute approximate surface area is 121 Å². The number of furan rings is 1. The third kappa shape index (κ3) is 3.19. The van der Waals surface area contributed by atoms with Crippen molar-refractivity contribution in [1.29, 1.82) is 5.26 Å². The molecule has 2 heterocycles. The summed E-state index contributed by atoms with van der Waals surface area (Å²) in [4.78, 5) is 15.6. The number of hydrogen-bond donors (Lipinski definition) is 1. The Bertz CT molecular complexity index is 606. The van der Waals surface area contributed by atoms with Crippen molar-refractivity contribution in [2.24, 2.45) is 0 Å². The first-order valence-electron chi connectivity index (χ1n) is 6.16. The van der Waals surface area contributed by atoms with E-state index in [0.29, 0.717) is 29.4 Å². The van der Waals surface area contributed by atoms with Gasteiger partial charge in [0.2, 0.25) is 0 Å². The summed E-state index contributed by atoms with van der Waals surface area (Å²) in [6.45, 7) is 2.60. The minimum atomic E-state index is -0.124. The van der Waals surface area contributed by atoms with Crippen LogP contribution < -0.4 is 5.73 Å². The van der Waals surface area contributed by atoms with Gasteiger partial charge in [0.15, 0.2) is 0 Å². The zero-order valence-corrected chi connectivity index (χ0v) is 11.9. The number of carbonyl (C=O) groups is 1. The topological polar surface area (TPSA) is 83.3 Å². The summed E-state index contributed by atoms with van der Waals surface area (Å²) in [6, 6.07) is 7.32. The molecule has 2 aromatic rings. The Morgan fingerprint density at radius 1 is 1.60 bits per heavy atom. The van der Waals surface area contributed by atoms with E-state index in [0.717, 1.165) is 4.88 Å². The molecular formula is C14H15N3O2S. The van der Waals surface area contributed by atoms with Gasteiger partial charge in [-0.1, -0.05) is 0 Å². The third-order valence-corrected chi connectivity index (χ3v) is 3.93. The summed E-state index contributed by atoms with van der Waals surface area (Å²) in [5.74, 6) is 0.569. The second-order valence-electron chi connectivity index (χ2n) is 4.34. The summed E-state index contributed by atoms with van der Waals surface area (Å²) in [7, 11) is 0. The van der Waals surface area contributed by atoms with Crippen LogP contribution in [-0.2, 0) is 6.54 Å². The van der Waals surface area contributed by atoms with Gasteiger partial charge in [-0.3, -0.25) is 4.79 Å². The van der Waals surface area contributed by atoms with Crippen molar-refractivity contribution in [2.45, 2.75) is 19.9 Å². The normalized spacial score (nSPS) is 10.2. The summed E-state index contributed by atoms with van der Waals surface area (Å²) in [6.07, 6.45) is 1.85. The second kappa shape index (κ2) is 6.26. The van der Waals surface area contributed by atoms with E-state index in [9.17, 15) is 4.79 Å². The number of anilines is 1. The average Bonchev–Trinajstić information content (AvgIpc) is 3.05. The molecule has 0 spiro atoms. The predicted octanol–water partition coefficient (Wildman–Crippen LogP) is 2.79. The summed E-state index contributed by atoms with van der Waals surface area (Å²) >= 11 is 1.37. The molecule has 20 heavy (non-hydrogen) atoms. The highest BCUT2D eigenvalue weighted by molar-refractivity contribution is 7.14. The number of thiophene rings is 1. The van der Waals surface area contributed by atoms with E-state index < -0.39 is 0 Å². The van der Waals surface area contributed by atoms with Crippen LogP contribution in [0.3, 0.4) is 0 Å². The quantitative estimate of drug-likeness (QED) is 0.917. The molecule has 0 aromatic carbocycles. The van der Waals surface area contributed by atoms with Crippen molar-refractivity contribution in [2.75, 3.05) is 12.3 Å². The molecule has 1 amide bonds. The number of amides is 1. The average molecular weight is 289 g/mol. The Hall–Kier alpha value is -2.26. The number of nitrogens with two attached hydrogens (primary N) is 1. The van der Waals surface area contributed by atoms with Gasteiger partial charge in [0.1, 0.15) is 5.76 Å². The fraction of sp³-hybridized carbons (Fsp3) is 0.286. The van der Waals surface area contributed by atoms with Crippen LogP contribution >= 0.6 is 11.3 Å². The molecule has 0 unspecified atom stereocenters. The van der Waals surface area contributed by atoms with E-state index >= 15 is 0 Å².